The molecule has 5 atom stereocenters. The molecule has 3 heterocycles. The van der Waals surface area contributed by atoms with Gasteiger partial charge in [0.1, 0.15) is 24.2 Å². The maximum absolute atomic E-state index is 14.0. The van der Waals surface area contributed by atoms with Gasteiger partial charge in [0.25, 0.3) is 0 Å². The van der Waals surface area contributed by atoms with Gasteiger partial charge in [-0.05, 0) is 56.7 Å². The summed E-state index contributed by atoms with van der Waals surface area (Å²) < 4.78 is 0. The molecular weight excluding hydrogens is 664 g/mol. The molecule has 3 aromatic rings. The predicted octanol–water partition coefficient (Wildman–Crippen LogP) is -2.23. The number of nitrogens with one attached hydrogen (secondary N) is 6. The molecule has 4 rings (SSSR count). The van der Waals surface area contributed by atoms with Crippen LogP contribution in [-0.2, 0) is 41.6 Å². The van der Waals surface area contributed by atoms with Gasteiger partial charge in [0.15, 0.2) is 0 Å². The average Bonchev–Trinajstić information content (AvgIpc) is 3.90. The summed E-state index contributed by atoms with van der Waals surface area (Å²) in [4.78, 5) is 88.9. The van der Waals surface area contributed by atoms with E-state index >= 15 is 0 Å². The summed E-state index contributed by atoms with van der Waals surface area (Å²) in [5.41, 5.74) is 14.3. The average molecular weight is 711 g/mol. The molecule has 0 spiro atoms. The molecule has 18 heteroatoms. The van der Waals surface area contributed by atoms with E-state index < -0.39 is 78.9 Å². The van der Waals surface area contributed by atoms with E-state index in [-0.39, 0.29) is 32.2 Å². The minimum absolute atomic E-state index is 0.000894. The number of aliphatic carboxylic acids is 1. The summed E-state index contributed by atoms with van der Waals surface area (Å²) in [6.45, 7) is -0.838. The number of carbonyl (C=O) groups is 6. The smallest absolute Gasteiger partial charge is 0.328 e. The second kappa shape index (κ2) is 18.6. The van der Waals surface area contributed by atoms with Crippen molar-refractivity contribution in [3.8, 4) is 0 Å². The number of hydrogen-bond donors (Lipinski definition) is 10. The number of aliphatic hydroxyl groups is 1. The number of fused-ring (bicyclic) bond motifs is 1. The Balaban J connectivity index is 1.44. The fourth-order valence-corrected chi connectivity index (χ4v) is 5.98. The van der Waals surface area contributed by atoms with Gasteiger partial charge in [-0.15, -0.1) is 0 Å². The van der Waals surface area contributed by atoms with E-state index in [1.54, 1.807) is 6.20 Å². The number of imidazole rings is 1. The molecule has 51 heavy (non-hydrogen) atoms. The van der Waals surface area contributed by atoms with Gasteiger partial charge in [-0.3, -0.25) is 24.0 Å². The van der Waals surface area contributed by atoms with Crippen LogP contribution < -0.4 is 32.7 Å². The fraction of sp³-hybridized carbons (Fsp3) is 0.485. The van der Waals surface area contributed by atoms with Crippen molar-refractivity contribution in [1.82, 2.24) is 41.1 Å². The molecule has 5 unspecified atom stereocenters. The molecule has 2 aromatic heterocycles. The molecule has 0 saturated carbocycles. The van der Waals surface area contributed by atoms with Crippen LogP contribution in [-0.4, -0.2) is 122 Å². The number of nitrogens with two attached hydrogens (primary N) is 2. The number of H-pyrrole nitrogens is 2. The molecule has 5 amide bonds. The number of aromatic amines is 2. The van der Waals surface area contributed by atoms with Crippen molar-refractivity contribution in [3.63, 3.8) is 0 Å². The van der Waals surface area contributed by atoms with Crippen LogP contribution in [0.4, 0.5) is 0 Å². The zero-order valence-electron chi connectivity index (χ0n) is 28.1. The van der Waals surface area contributed by atoms with Gasteiger partial charge < -0.3 is 57.8 Å². The number of aromatic nitrogens is 3. The molecular formula is C33H46N10O8. The van der Waals surface area contributed by atoms with Crippen LogP contribution in [0.1, 0.15) is 43.4 Å². The van der Waals surface area contributed by atoms with Crippen LogP contribution in [0.25, 0.3) is 10.9 Å². The lowest BCUT2D eigenvalue weighted by molar-refractivity contribution is -0.143. The van der Waals surface area contributed by atoms with Crippen LogP contribution in [0.5, 0.6) is 0 Å². The van der Waals surface area contributed by atoms with Crippen molar-refractivity contribution in [3.05, 3.63) is 54.2 Å². The topological polar surface area (TPSA) is 291 Å². The molecule has 0 aliphatic carbocycles. The van der Waals surface area contributed by atoms with Gasteiger partial charge in [-0.25, -0.2) is 9.78 Å². The quantitative estimate of drug-likeness (QED) is 0.0594. The lowest BCUT2D eigenvalue weighted by Gasteiger charge is -2.30. The first-order chi connectivity index (χ1) is 24.5. The molecule has 1 aliphatic rings. The summed E-state index contributed by atoms with van der Waals surface area (Å²) >= 11 is 0. The SMILES string of the molecule is NCCCCC(NC(=O)C(N)Cc1c[nH]c2ccccc12)C(=O)NC(Cc1cnc[nH]1)C(=O)N1CCCC1C(=O)NCC(=O)NC(CO)C(=O)O. The first-order valence-electron chi connectivity index (χ1n) is 16.8. The third-order valence-corrected chi connectivity index (χ3v) is 8.70. The Morgan fingerprint density at radius 3 is 2.45 bits per heavy atom. The Kier molecular flexibility index (Phi) is 14.0. The predicted molar refractivity (Wildman–Crippen MR) is 183 cm³/mol. The number of unbranched alkanes of at least 4 members (excludes halogenated alkanes) is 1. The standard InChI is InChI=1S/C33H46N10O8/c34-10-4-3-8-24(41-29(46)22(35)12-19-14-37-23-7-2-1-6-21(19)23)30(47)42-25(13-20-15-36-18-39-20)32(49)43-11-5-9-27(43)31(48)38-16-28(45)40-26(17-44)33(50)51/h1-2,6-7,14-15,18,22,24-27,37,44H,3-5,8-13,16-17,34-35H2,(H,36,39)(H,38,48)(H,40,45)(H,41,46)(H,42,47)(H,50,51). The Labute approximate surface area is 293 Å². The maximum atomic E-state index is 14.0. The van der Waals surface area contributed by atoms with Crippen LogP contribution in [0.2, 0.25) is 0 Å². The second-order valence-corrected chi connectivity index (χ2v) is 12.4. The Morgan fingerprint density at radius 2 is 1.75 bits per heavy atom. The molecule has 1 fully saturated rings. The third-order valence-electron chi connectivity index (χ3n) is 8.70. The molecule has 0 radical (unpaired) electrons. The van der Waals surface area contributed by atoms with Crippen molar-refractivity contribution >= 4 is 46.4 Å². The van der Waals surface area contributed by atoms with Crippen molar-refractivity contribution in [2.24, 2.45) is 11.5 Å². The Morgan fingerprint density at radius 1 is 0.980 bits per heavy atom. The van der Waals surface area contributed by atoms with Crippen molar-refractivity contribution in [2.45, 2.75) is 75.2 Å². The number of aliphatic hydroxyl groups excluding tert-OH is 1. The normalized spacial score (nSPS) is 16.5. The van der Waals surface area contributed by atoms with Crippen molar-refractivity contribution in [1.29, 1.82) is 0 Å². The highest BCUT2D eigenvalue weighted by molar-refractivity contribution is 5.96. The van der Waals surface area contributed by atoms with Gasteiger partial charge >= 0.3 is 5.97 Å². The highest BCUT2D eigenvalue weighted by atomic mass is 16.4. The highest BCUT2D eigenvalue weighted by Crippen LogP contribution is 2.21. The molecule has 12 N–H and O–H groups in total. The summed E-state index contributed by atoms with van der Waals surface area (Å²) in [7, 11) is 0. The van der Waals surface area contributed by atoms with Gasteiger partial charge in [0.05, 0.1) is 25.5 Å². The molecule has 276 valence electrons. The Bertz CT molecular complexity index is 1660. The van der Waals surface area contributed by atoms with E-state index in [4.69, 9.17) is 21.7 Å². The van der Waals surface area contributed by atoms with Gasteiger partial charge in [0.2, 0.25) is 29.5 Å². The molecule has 0 bridgehead atoms. The van der Waals surface area contributed by atoms with E-state index in [2.05, 4.69) is 36.2 Å². The lowest BCUT2D eigenvalue weighted by atomic mass is 10.0. The number of carbonyl (C=O) groups excluding carboxylic acids is 5. The zero-order chi connectivity index (χ0) is 36.9. The number of rotatable bonds is 19. The molecule has 1 aliphatic heterocycles. The van der Waals surface area contributed by atoms with Gasteiger partial charge in [0, 0.05) is 42.0 Å². The summed E-state index contributed by atoms with van der Waals surface area (Å²) in [6, 6.07) is 1.93. The van der Waals surface area contributed by atoms with Crippen LogP contribution in [0.15, 0.2) is 43.0 Å². The number of benzene rings is 1. The van der Waals surface area contributed by atoms with E-state index in [0.29, 0.717) is 31.5 Å². The number of amides is 5. The van der Waals surface area contributed by atoms with Crippen molar-refractivity contribution in [2.75, 3.05) is 26.2 Å². The van der Waals surface area contributed by atoms with E-state index in [1.807, 2.05) is 24.3 Å². The van der Waals surface area contributed by atoms with Crippen molar-refractivity contribution < 1.29 is 39.0 Å². The first kappa shape index (κ1) is 38.5. The lowest BCUT2D eigenvalue weighted by Crippen LogP contribution is -2.58. The largest absolute Gasteiger partial charge is 0.480 e. The van der Waals surface area contributed by atoms with Crippen LogP contribution in [0, 0.1) is 0 Å². The summed E-state index contributed by atoms with van der Waals surface area (Å²) in [5.74, 6) is -4.65. The number of nitrogens with zero attached hydrogens (tertiary/aromatic N) is 2. The number of likely N-dealkylation sites (tertiary alicyclic amines) is 1. The van der Waals surface area contributed by atoms with Crippen LogP contribution >= 0.6 is 0 Å². The Hall–Kier alpha value is -5.33. The van der Waals surface area contributed by atoms with E-state index in [9.17, 15) is 28.8 Å². The first-order valence-corrected chi connectivity index (χ1v) is 16.8. The highest BCUT2D eigenvalue weighted by Gasteiger charge is 2.39. The molecule has 1 saturated heterocycles. The van der Waals surface area contributed by atoms with E-state index in [1.165, 1.54) is 17.4 Å². The number of carboxylic acid groups (broad SMARTS) is 1. The number of carboxylic acids is 1. The van der Waals surface area contributed by atoms with Gasteiger partial charge in [-0.2, -0.15) is 0 Å². The number of para-hydroxylation sites is 1. The summed E-state index contributed by atoms with van der Waals surface area (Å²) in [5, 5.41) is 29.1. The monoisotopic (exact) mass is 710 g/mol. The minimum Gasteiger partial charge on any atom is -0.480 e. The second-order valence-electron chi connectivity index (χ2n) is 12.4. The molecule has 1 aromatic carbocycles. The molecule has 18 nitrogen and oxygen atoms in total. The summed E-state index contributed by atoms with van der Waals surface area (Å²) in [6.07, 6.45) is 7.03. The fourth-order valence-electron chi connectivity index (χ4n) is 5.98. The van der Waals surface area contributed by atoms with Gasteiger partial charge in [-0.1, -0.05) is 18.2 Å². The number of hydrogen-bond acceptors (Lipinski definition) is 10. The maximum Gasteiger partial charge on any atom is 0.328 e. The van der Waals surface area contributed by atoms with E-state index in [0.717, 1.165) is 16.5 Å². The van der Waals surface area contributed by atoms with Crippen LogP contribution in [0.3, 0.4) is 0 Å². The third kappa shape index (κ3) is 10.6. The zero-order valence-corrected chi connectivity index (χ0v) is 28.1. The minimum atomic E-state index is -1.54.